The first-order valence-electron chi connectivity index (χ1n) is 8.93. The number of guanidine groups is 1. The van der Waals surface area contributed by atoms with Gasteiger partial charge in [0.1, 0.15) is 0 Å². The first-order chi connectivity index (χ1) is 13.4. The van der Waals surface area contributed by atoms with Gasteiger partial charge >= 0.3 is 0 Å². The quantitative estimate of drug-likeness (QED) is 0.519. The summed E-state index contributed by atoms with van der Waals surface area (Å²) in [5.74, 6) is 1.65. The number of nitrogens with zero attached hydrogens (tertiary/aromatic N) is 1. The maximum absolute atomic E-state index is 12.7. The number of methoxy groups -OCH3 is 2. The van der Waals surface area contributed by atoms with E-state index in [0.29, 0.717) is 28.8 Å². The minimum atomic E-state index is -3.40. The number of nitrogens with one attached hydrogen (secondary N) is 2. The lowest BCUT2D eigenvalue weighted by atomic mass is 10.2. The molecule has 152 valence electrons. The second-order valence-electron chi connectivity index (χ2n) is 6.11. The second-order valence-corrected chi connectivity index (χ2v) is 8.15. The van der Waals surface area contributed by atoms with Gasteiger partial charge in [-0.25, -0.2) is 8.42 Å². The number of aliphatic imine (C=N–C) groups is 1. The lowest BCUT2D eigenvalue weighted by Gasteiger charge is -2.21. The maximum atomic E-state index is 12.7. The Bertz CT molecular complexity index is 899. The predicted molar refractivity (Wildman–Crippen MR) is 112 cm³/mol. The van der Waals surface area contributed by atoms with Crippen molar-refractivity contribution in [2.24, 2.45) is 4.99 Å². The van der Waals surface area contributed by atoms with Crippen LogP contribution in [0.5, 0.6) is 11.5 Å². The average Bonchev–Trinajstić information content (AvgIpc) is 2.72. The van der Waals surface area contributed by atoms with Gasteiger partial charge in [0.2, 0.25) is 0 Å². The monoisotopic (exact) mass is 405 g/mol. The van der Waals surface area contributed by atoms with Crippen molar-refractivity contribution in [3.8, 4) is 11.5 Å². The van der Waals surface area contributed by atoms with E-state index in [1.165, 1.54) is 0 Å². The molecule has 0 spiro atoms. The highest BCUT2D eigenvalue weighted by molar-refractivity contribution is 7.91. The van der Waals surface area contributed by atoms with Gasteiger partial charge in [-0.15, -0.1) is 0 Å². The molecular weight excluding hydrogens is 378 g/mol. The second kappa shape index (κ2) is 9.98. The molecule has 0 saturated carbocycles. The molecule has 7 nitrogen and oxygen atoms in total. The van der Waals surface area contributed by atoms with Crippen LogP contribution in [-0.4, -0.2) is 47.4 Å². The molecule has 0 amide bonds. The summed E-state index contributed by atoms with van der Waals surface area (Å²) in [7, 11) is 1.37. The number of hydrogen-bond acceptors (Lipinski definition) is 5. The Labute approximate surface area is 166 Å². The third-order valence-corrected chi connectivity index (χ3v) is 6.06. The van der Waals surface area contributed by atoms with Crippen molar-refractivity contribution in [2.45, 2.75) is 24.3 Å². The summed E-state index contributed by atoms with van der Waals surface area (Å²) in [5.41, 5.74) is 0.742. The number of rotatable bonds is 8. The minimum Gasteiger partial charge on any atom is -0.493 e. The zero-order valence-corrected chi connectivity index (χ0v) is 17.4. The molecule has 1 atom stereocenters. The van der Waals surface area contributed by atoms with E-state index < -0.39 is 9.84 Å². The van der Waals surface area contributed by atoms with E-state index in [1.807, 2.05) is 13.0 Å². The van der Waals surface area contributed by atoms with Crippen molar-refractivity contribution in [1.82, 2.24) is 5.32 Å². The predicted octanol–water partition coefficient (Wildman–Crippen LogP) is 2.94. The first-order valence-corrected chi connectivity index (χ1v) is 10.6. The normalized spacial score (nSPS) is 12.9. The van der Waals surface area contributed by atoms with Crippen LogP contribution in [0.4, 0.5) is 5.69 Å². The van der Waals surface area contributed by atoms with Crippen LogP contribution in [0.1, 0.15) is 13.3 Å². The third-order valence-electron chi connectivity index (χ3n) is 4.23. The molecule has 2 aromatic carbocycles. The van der Waals surface area contributed by atoms with Crippen LogP contribution in [0.15, 0.2) is 58.4 Å². The SMILES string of the molecule is CCC(CS(=O)(=O)c1ccccc1)NC(=NC)Nc1ccc(OC)c(OC)c1. The Morgan fingerprint density at radius 3 is 2.32 bits per heavy atom. The first kappa shape index (κ1) is 21.6. The van der Waals surface area contributed by atoms with Gasteiger partial charge in [-0.05, 0) is 30.7 Å². The van der Waals surface area contributed by atoms with E-state index in [-0.39, 0.29) is 11.8 Å². The molecule has 28 heavy (non-hydrogen) atoms. The summed E-state index contributed by atoms with van der Waals surface area (Å²) < 4.78 is 35.8. The van der Waals surface area contributed by atoms with Gasteiger partial charge in [-0.3, -0.25) is 4.99 Å². The molecule has 8 heteroatoms. The van der Waals surface area contributed by atoms with Crippen LogP contribution >= 0.6 is 0 Å². The van der Waals surface area contributed by atoms with E-state index in [9.17, 15) is 8.42 Å². The Hall–Kier alpha value is -2.74. The fraction of sp³-hybridized carbons (Fsp3) is 0.350. The number of hydrogen-bond donors (Lipinski definition) is 2. The molecule has 2 rings (SSSR count). The molecule has 0 aliphatic rings. The lowest BCUT2D eigenvalue weighted by molar-refractivity contribution is 0.355. The van der Waals surface area contributed by atoms with Crippen LogP contribution < -0.4 is 20.1 Å². The summed E-state index contributed by atoms with van der Waals surface area (Å²) in [6, 6.07) is 13.6. The van der Waals surface area contributed by atoms with Gasteiger partial charge in [0, 0.05) is 24.8 Å². The molecule has 0 bridgehead atoms. The number of sulfone groups is 1. The summed E-state index contributed by atoms with van der Waals surface area (Å²) in [5, 5.41) is 6.34. The van der Waals surface area contributed by atoms with Crippen molar-refractivity contribution >= 4 is 21.5 Å². The standard InChI is InChI=1S/C20H27N3O4S/c1-5-15(14-28(24,25)17-9-7-6-8-10-17)22-20(21-2)23-16-11-12-18(26-3)19(13-16)27-4/h6-13,15H,5,14H2,1-4H3,(H2,21,22,23). The van der Waals surface area contributed by atoms with Gasteiger partial charge in [0.15, 0.2) is 27.3 Å². The number of benzene rings is 2. The number of anilines is 1. The molecule has 1 unspecified atom stereocenters. The zero-order chi connectivity index (χ0) is 20.6. The van der Waals surface area contributed by atoms with Gasteiger partial charge < -0.3 is 20.1 Å². The van der Waals surface area contributed by atoms with E-state index in [4.69, 9.17) is 9.47 Å². The smallest absolute Gasteiger partial charge is 0.195 e. The Morgan fingerprint density at radius 1 is 1.07 bits per heavy atom. The Kier molecular flexibility index (Phi) is 7.69. The maximum Gasteiger partial charge on any atom is 0.195 e. The summed E-state index contributed by atoms with van der Waals surface area (Å²) in [6.07, 6.45) is 0.624. The summed E-state index contributed by atoms with van der Waals surface area (Å²) in [4.78, 5) is 4.52. The van der Waals surface area contributed by atoms with Crippen molar-refractivity contribution in [3.05, 3.63) is 48.5 Å². The highest BCUT2D eigenvalue weighted by Crippen LogP contribution is 2.29. The van der Waals surface area contributed by atoms with Gasteiger partial charge in [0.05, 0.1) is 24.9 Å². The third kappa shape index (κ3) is 5.63. The van der Waals surface area contributed by atoms with Crippen molar-refractivity contribution < 1.29 is 17.9 Å². The fourth-order valence-electron chi connectivity index (χ4n) is 2.65. The Balaban J connectivity index is 2.10. The molecule has 0 aliphatic heterocycles. The van der Waals surface area contributed by atoms with E-state index in [1.54, 1.807) is 63.7 Å². The van der Waals surface area contributed by atoms with Crippen LogP contribution in [0.2, 0.25) is 0 Å². The van der Waals surface area contributed by atoms with Crippen molar-refractivity contribution in [1.29, 1.82) is 0 Å². The molecular formula is C20H27N3O4S. The van der Waals surface area contributed by atoms with E-state index >= 15 is 0 Å². The molecule has 2 aromatic rings. The topological polar surface area (TPSA) is 89.0 Å². The average molecular weight is 406 g/mol. The highest BCUT2D eigenvalue weighted by Gasteiger charge is 2.21. The van der Waals surface area contributed by atoms with E-state index in [0.717, 1.165) is 5.69 Å². The van der Waals surface area contributed by atoms with Gasteiger partial charge in [-0.2, -0.15) is 0 Å². The van der Waals surface area contributed by atoms with Crippen LogP contribution in [0.3, 0.4) is 0 Å². The molecule has 0 fully saturated rings. The lowest BCUT2D eigenvalue weighted by Crippen LogP contribution is -2.42. The van der Waals surface area contributed by atoms with E-state index in [2.05, 4.69) is 15.6 Å². The van der Waals surface area contributed by atoms with Crippen molar-refractivity contribution in [3.63, 3.8) is 0 Å². The highest BCUT2D eigenvalue weighted by atomic mass is 32.2. The molecule has 2 N–H and O–H groups in total. The van der Waals surface area contributed by atoms with Gasteiger partial charge in [0.25, 0.3) is 0 Å². The van der Waals surface area contributed by atoms with Gasteiger partial charge in [-0.1, -0.05) is 25.1 Å². The molecule has 0 aromatic heterocycles. The molecule has 0 saturated heterocycles. The number of ether oxygens (including phenoxy) is 2. The zero-order valence-electron chi connectivity index (χ0n) is 16.6. The molecule has 0 radical (unpaired) electrons. The van der Waals surface area contributed by atoms with Crippen LogP contribution in [0.25, 0.3) is 0 Å². The summed E-state index contributed by atoms with van der Waals surface area (Å²) >= 11 is 0. The fourth-order valence-corrected chi connectivity index (χ4v) is 4.26. The molecule has 0 heterocycles. The molecule has 0 aliphatic carbocycles. The Morgan fingerprint density at radius 2 is 1.75 bits per heavy atom. The largest absolute Gasteiger partial charge is 0.493 e. The summed E-state index contributed by atoms with van der Waals surface area (Å²) in [6.45, 7) is 1.93. The van der Waals surface area contributed by atoms with Crippen LogP contribution in [-0.2, 0) is 9.84 Å². The minimum absolute atomic E-state index is 0.0276. The van der Waals surface area contributed by atoms with Crippen molar-refractivity contribution in [2.75, 3.05) is 32.3 Å². The van der Waals surface area contributed by atoms with Crippen LogP contribution in [0, 0.1) is 0 Å².